The van der Waals surface area contributed by atoms with E-state index in [0.717, 1.165) is 28.8 Å². The zero-order valence-corrected chi connectivity index (χ0v) is 14.6. The summed E-state index contributed by atoms with van der Waals surface area (Å²) in [6.07, 6.45) is 3.60. The highest BCUT2D eigenvalue weighted by Gasteiger charge is 2.24. The van der Waals surface area contributed by atoms with Gasteiger partial charge in [-0.2, -0.15) is 0 Å². The van der Waals surface area contributed by atoms with E-state index in [0.29, 0.717) is 17.3 Å². The zero-order valence-electron chi connectivity index (χ0n) is 14.6. The van der Waals surface area contributed by atoms with E-state index in [9.17, 15) is 9.90 Å². The van der Waals surface area contributed by atoms with Crippen LogP contribution in [0.25, 0.3) is 33.3 Å². The third-order valence-electron chi connectivity index (χ3n) is 5.30. The molecule has 0 unspecified atom stereocenters. The van der Waals surface area contributed by atoms with Gasteiger partial charge in [-0.1, -0.05) is 60.7 Å². The highest BCUT2D eigenvalue weighted by Crippen LogP contribution is 2.37. The van der Waals surface area contributed by atoms with Crippen LogP contribution >= 0.6 is 0 Å². The normalized spacial score (nSPS) is 14.7. The predicted octanol–water partition coefficient (Wildman–Crippen LogP) is 4.24. The van der Waals surface area contributed by atoms with Gasteiger partial charge in [0.2, 0.25) is 0 Å². The number of carbonyl (C=O) groups excluding carboxylic acids is 1. The number of fused-ring (bicyclic) bond motifs is 3. The smallest absolute Gasteiger partial charge is 0.0725 e. The van der Waals surface area contributed by atoms with Crippen LogP contribution < -0.4 is 5.11 Å². The van der Waals surface area contributed by atoms with Crippen molar-refractivity contribution in [1.29, 1.82) is 0 Å². The Hall–Kier alpha value is -3.46. The van der Waals surface area contributed by atoms with E-state index in [1.807, 2.05) is 36.4 Å². The number of allylic oxidation sites excluding steroid dienone is 1. The summed E-state index contributed by atoms with van der Waals surface area (Å²) in [6, 6.07) is 21.9. The number of para-hydroxylation sites is 1. The summed E-state index contributed by atoms with van der Waals surface area (Å²) in [4.78, 5) is 16.7. The van der Waals surface area contributed by atoms with Crippen LogP contribution in [0.4, 0.5) is 0 Å². The summed E-state index contributed by atoms with van der Waals surface area (Å²) in [5, 5.41) is 14.9. The molecule has 0 radical (unpaired) electrons. The topological polar surface area (TPSA) is 53.0 Å². The van der Waals surface area contributed by atoms with Gasteiger partial charge < -0.3 is 9.90 Å². The van der Waals surface area contributed by atoms with Crippen molar-refractivity contribution in [3.8, 4) is 0 Å². The van der Waals surface area contributed by atoms with Crippen LogP contribution in [-0.2, 0) is 6.42 Å². The minimum atomic E-state index is -1.13. The van der Waals surface area contributed by atoms with Gasteiger partial charge >= 0.3 is 0 Å². The van der Waals surface area contributed by atoms with Crippen molar-refractivity contribution in [1.82, 2.24) is 4.98 Å². The molecule has 0 aliphatic heterocycles. The van der Waals surface area contributed by atoms with Crippen LogP contribution in [0, 0.1) is 0 Å². The minimum Gasteiger partial charge on any atom is -0.545 e. The third kappa shape index (κ3) is 2.51. The van der Waals surface area contributed by atoms with E-state index in [1.165, 1.54) is 10.8 Å². The third-order valence-corrected chi connectivity index (χ3v) is 5.30. The average molecular weight is 350 g/mol. The first-order valence-electron chi connectivity index (χ1n) is 9.04. The van der Waals surface area contributed by atoms with Crippen molar-refractivity contribution in [2.75, 3.05) is 0 Å². The highest BCUT2D eigenvalue weighted by atomic mass is 16.4. The largest absolute Gasteiger partial charge is 0.545 e. The number of aromatic nitrogens is 1. The molecule has 0 amide bonds. The summed E-state index contributed by atoms with van der Waals surface area (Å²) in [5.74, 6) is -1.13. The molecule has 3 aromatic carbocycles. The van der Waals surface area contributed by atoms with Crippen LogP contribution in [0.15, 0.2) is 66.7 Å². The van der Waals surface area contributed by atoms with Crippen LogP contribution in [0.3, 0.4) is 0 Å². The first kappa shape index (κ1) is 15.8. The predicted molar refractivity (Wildman–Crippen MR) is 106 cm³/mol. The Balaban J connectivity index is 1.75. The lowest BCUT2D eigenvalue weighted by Gasteiger charge is -2.13. The molecule has 0 spiro atoms. The molecule has 0 saturated carbocycles. The number of carbonyl (C=O) groups is 1. The van der Waals surface area contributed by atoms with Gasteiger partial charge in [0.15, 0.2) is 0 Å². The molecule has 1 aromatic heterocycles. The van der Waals surface area contributed by atoms with E-state index in [1.54, 1.807) is 6.07 Å². The molecule has 1 heterocycles. The fraction of sp³-hybridized carbons (Fsp3) is 0.0833. The highest BCUT2D eigenvalue weighted by molar-refractivity contribution is 6.06. The Bertz CT molecular complexity index is 1250. The van der Waals surface area contributed by atoms with Crippen molar-refractivity contribution in [2.45, 2.75) is 12.8 Å². The van der Waals surface area contributed by atoms with Crippen molar-refractivity contribution in [3.05, 3.63) is 89.1 Å². The maximum atomic E-state index is 11.9. The SMILES string of the molecule is O=C([O-])c1c2c(nc3ccccc13)/C(=C/c1cccc3ccccc13)CC2. The summed E-state index contributed by atoms with van der Waals surface area (Å²) in [7, 11) is 0. The van der Waals surface area contributed by atoms with Gasteiger partial charge in [0.1, 0.15) is 0 Å². The lowest BCUT2D eigenvalue weighted by Crippen LogP contribution is -2.24. The molecule has 4 aromatic rings. The van der Waals surface area contributed by atoms with Crippen molar-refractivity contribution in [3.63, 3.8) is 0 Å². The number of rotatable bonds is 2. The Kier molecular flexibility index (Phi) is 3.54. The molecular weight excluding hydrogens is 334 g/mol. The van der Waals surface area contributed by atoms with Crippen molar-refractivity contribution >= 4 is 39.3 Å². The summed E-state index contributed by atoms with van der Waals surface area (Å²) >= 11 is 0. The van der Waals surface area contributed by atoms with E-state index < -0.39 is 5.97 Å². The molecule has 130 valence electrons. The molecule has 0 fully saturated rings. The minimum absolute atomic E-state index is 0.289. The second kappa shape index (κ2) is 6.06. The van der Waals surface area contributed by atoms with Gasteiger partial charge in [-0.25, -0.2) is 4.98 Å². The molecule has 0 atom stereocenters. The number of carboxylic acids is 1. The molecule has 3 nitrogen and oxygen atoms in total. The lowest BCUT2D eigenvalue weighted by atomic mass is 9.99. The fourth-order valence-corrected chi connectivity index (χ4v) is 4.08. The maximum Gasteiger partial charge on any atom is 0.0725 e. The van der Waals surface area contributed by atoms with E-state index in [2.05, 4.69) is 30.3 Å². The summed E-state index contributed by atoms with van der Waals surface area (Å²) < 4.78 is 0. The van der Waals surface area contributed by atoms with E-state index in [4.69, 9.17) is 4.98 Å². The molecular formula is C24H16NO2-. The number of benzene rings is 3. The molecule has 0 N–H and O–H groups in total. The quantitative estimate of drug-likeness (QED) is 0.543. The Labute approximate surface area is 156 Å². The Morgan fingerprint density at radius 3 is 2.48 bits per heavy atom. The second-order valence-electron chi connectivity index (χ2n) is 6.86. The zero-order chi connectivity index (χ0) is 18.4. The molecule has 1 aliphatic carbocycles. The Morgan fingerprint density at radius 1 is 0.889 bits per heavy atom. The molecule has 0 bridgehead atoms. The van der Waals surface area contributed by atoms with Crippen molar-refractivity contribution in [2.24, 2.45) is 0 Å². The molecule has 1 aliphatic rings. The van der Waals surface area contributed by atoms with Crippen LogP contribution in [0.2, 0.25) is 0 Å². The van der Waals surface area contributed by atoms with Crippen molar-refractivity contribution < 1.29 is 9.90 Å². The van der Waals surface area contributed by atoms with Gasteiger partial charge in [0.25, 0.3) is 0 Å². The number of hydrogen-bond acceptors (Lipinski definition) is 3. The first-order chi connectivity index (χ1) is 13.2. The van der Waals surface area contributed by atoms with Gasteiger partial charge in [-0.3, -0.25) is 0 Å². The van der Waals surface area contributed by atoms with E-state index >= 15 is 0 Å². The standard InChI is InChI=1S/C24H17NO2/c26-24(27)22-19-10-3-4-11-21(19)25-23-17(12-13-20(22)23)14-16-8-5-7-15-6-1-2-9-18(15)16/h1-11,14H,12-13H2,(H,26,27)/p-1/b17-14+. The fourth-order valence-electron chi connectivity index (χ4n) is 4.08. The number of nitrogens with zero attached hydrogens (tertiary/aromatic N) is 1. The van der Waals surface area contributed by atoms with Gasteiger partial charge in [0, 0.05) is 10.9 Å². The molecule has 5 rings (SSSR count). The number of carboxylic acid groups (broad SMARTS) is 1. The van der Waals surface area contributed by atoms with E-state index in [-0.39, 0.29) is 5.56 Å². The Morgan fingerprint density at radius 2 is 1.63 bits per heavy atom. The number of pyridine rings is 1. The van der Waals surface area contributed by atoms with Crippen LogP contribution in [-0.4, -0.2) is 11.0 Å². The lowest BCUT2D eigenvalue weighted by molar-refractivity contribution is -0.254. The average Bonchev–Trinajstić information content (AvgIpc) is 3.08. The maximum absolute atomic E-state index is 11.9. The summed E-state index contributed by atoms with van der Waals surface area (Å²) in [6.45, 7) is 0. The monoisotopic (exact) mass is 350 g/mol. The summed E-state index contributed by atoms with van der Waals surface area (Å²) in [5.41, 5.74) is 4.77. The van der Waals surface area contributed by atoms with Gasteiger partial charge in [0.05, 0.1) is 17.2 Å². The van der Waals surface area contributed by atoms with Crippen LogP contribution in [0.5, 0.6) is 0 Å². The van der Waals surface area contributed by atoms with Gasteiger partial charge in [-0.15, -0.1) is 0 Å². The molecule has 27 heavy (non-hydrogen) atoms. The van der Waals surface area contributed by atoms with Gasteiger partial charge in [-0.05, 0) is 52.5 Å². The van der Waals surface area contributed by atoms with Crippen LogP contribution in [0.1, 0.15) is 33.6 Å². The molecule has 3 heteroatoms. The molecule has 0 saturated heterocycles. The number of hydrogen-bond donors (Lipinski definition) is 0. The number of aromatic carboxylic acids is 1. The first-order valence-corrected chi connectivity index (χ1v) is 9.04. The second-order valence-corrected chi connectivity index (χ2v) is 6.86.